The van der Waals surface area contributed by atoms with Gasteiger partial charge in [0.05, 0.1) is 35.4 Å². The number of fused-ring (bicyclic) bond motifs is 1. The molecule has 0 aliphatic carbocycles. The number of amides is 1. The van der Waals surface area contributed by atoms with Gasteiger partial charge in [0, 0.05) is 31.0 Å². The summed E-state index contributed by atoms with van der Waals surface area (Å²) in [5.41, 5.74) is 15.5. The molecule has 0 atom stereocenters. The van der Waals surface area contributed by atoms with Crippen LogP contribution in [-0.4, -0.2) is 52.0 Å². The molecule has 196 valence electrons. The average molecular weight is 507 g/mol. The number of rotatable bonds is 6. The Balaban J connectivity index is 1.58. The van der Waals surface area contributed by atoms with Gasteiger partial charge in [-0.05, 0) is 70.4 Å². The van der Waals surface area contributed by atoms with Crippen LogP contribution in [0.2, 0.25) is 0 Å². The lowest BCUT2D eigenvalue weighted by Crippen LogP contribution is -2.39. The molecule has 1 aliphatic rings. The number of hydrogen-bond donors (Lipinski definition) is 2. The lowest BCUT2D eigenvalue weighted by molar-refractivity contribution is -0.248. The van der Waals surface area contributed by atoms with Crippen LogP contribution < -0.4 is 11.2 Å². The van der Waals surface area contributed by atoms with E-state index in [0.717, 1.165) is 33.6 Å². The van der Waals surface area contributed by atoms with Gasteiger partial charge in [0.15, 0.2) is 0 Å². The van der Waals surface area contributed by atoms with Crippen LogP contribution in [0.3, 0.4) is 0 Å². The number of aromatic nitrogens is 2. The van der Waals surface area contributed by atoms with E-state index < -0.39 is 5.60 Å². The fraction of sp³-hybridized carbons (Fsp3) is 0.370. The normalized spacial score (nSPS) is 14.6. The van der Waals surface area contributed by atoms with Crippen LogP contribution in [0.25, 0.3) is 11.1 Å². The summed E-state index contributed by atoms with van der Waals surface area (Å²) >= 11 is 0. The summed E-state index contributed by atoms with van der Waals surface area (Å²) in [6.07, 6.45) is 6.31. The van der Waals surface area contributed by atoms with Crippen molar-refractivity contribution in [3.05, 3.63) is 65.2 Å². The predicted molar refractivity (Wildman–Crippen MR) is 144 cm³/mol. The van der Waals surface area contributed by atoms with Gasteiger partial charge in [-0.15, -0.1) is 4.99 Å². The van der Waals surface area contributed by atoms with Crippen LogP contribution in [0, 0.1) is 13.8 Å². The quantitative estimate of drug-likeness (QED) is 0.211. The highest BCUT2D eigenvalue weighted by molar-refractivity contribution is 6.01. The minimum Gasteiger partial charge on any atom is -0.444 e. The Morgan fingerprint density at radius 1 is 1.19 bits per heavy atom. The van der Waals surface area contributed by atoms with Gasteiger partial charge in [-0.25, -0.2) is 20.2 Å². The first-order valence-corrected chi connectivity index (χ1v) is 12.1. The molecular formula is C27H34N6O4. The third-order valence-electron chi connectivity index (χ3n) is 5.89. The van der Waals surface area contributed by atoms with Gasteiger partial charge in [0.2, 0.25) is 0 Å². The number of anilines is 1. The van der Waals surface area contributed by atoms with E-state index in [-0.39, 0.29) is 6.09 Å². The topological polar surface area (TPSA) is 116 Å². The Morgan fingerprint density at radius 2 is 1.97 bits per heavy atom. The molecule has 1 amide bonds. The van der Waals surface area contributed by atoms with Gasteiger partial charge >= 0.3 is 6.09 Å². The van der Waals surface area contributed by atoms with Gasteiger partial charge in [0.25, 0.3) is 0 Å². The number of aliphatic imine (C=N–C) groups is 1. The van der Waals surface area contributed by atoms with Crippen molar-refractivity contribution in [2.45, 2.75) is 46.6 Å². The predicted octanol–water partition coefficient (Wildman–Crippen LogP) is 4.92. The molecule has 1 aliphatic heterocycles. The second kappa shape index (κ2) is 10.6. The van der Waals surface area contributed by atoms with Gasteiger partial charge in [-0.1, -0.05) is 12.1 Å². The van der Waals surface area contributed by atoms with Crippen LogP contribution in [0.15, 0.2) is 47.7 Å². The maximum absolute atomic E-state index is 12.4. The molecule has 3 aromatic rings. The third-order valence-corrected chi connectivity index (χ3v) is 5.89. The van der Waals surface area contributed by atoms with Gasteiger partial charge in [0.1, 0.15) is 11.4 Å². The minimum atomic E-state index is -0.524. The fourth-order valence-electron chi connectivity index (χ4n) is 4.19. The highest BCUT2D eigenvalue weighted by atomic mass is 17.3. The van der Waals surface area contributed by atoms with E-state index >= 15 is 0 Å². The molecule has 10 nitrogen and oxygen atoms in total. The first-order chi connectivity index (χ1) is 17.5. The Bertz CT molecular complexity index is 1370. The van der Waals surface area contributed by atoms with Crippen molar-refractivity contribution < 1.29 is 19.4 Å². The molecule has 0 spiro atoms. The second-order valence-electron chi connectivity index (χ2n) is 9.98. The molecule has 0 saturated carbocycles. The highest BCUT2D eigenvalue weighted by Gasteiger charge is 2.24. The molecular weight excluding hydrogens is 472 g/mol. The number of ether oxygens (including phenoxy) is 1. The van der Waals surface area contributed by atoms with Crippen molar-refractivity contribution in [1.29, 1.82) is 0 Å². The molecule has 2 aromatic heterocycles. The van der Waals surface area contributed by atoms with E-state index in [1.807, 2.05) is 81.8 Å². The van der Waals surface area contributed by atoms with Crippen LogP contribution in [0.4, 0.5) is 16.2 Å². The van der Waals surface area contributed by atoms with Crippen molar-refractivity contribution >= 4 is 34.4 Å². The first kappa shape index (κ1) is 26.2. The summed E-state index contributed by atoms with van der Waals surface area (Å²) in [6.45, 7) is 10.6. The number of benzene rings is 1. The number of carbonyl (C=O) groups excluding carboxylic acids is 1. The average Bonchev–Trinajstić information content (AvgIpc) is 3.27. The third kappa shape index (κ3) is 6.28. The standard InChI is InChI=1S/C27H34N6O4/c1-17-15-33-16-21(14-24(33)18(2)29-17)25(28)30-22-8-7-20(13-23(22)31-37-35-6)19-9-11-32(12-10-19)26(34)36-27(3,4)5/h7-9,13-16,31H,10-12H2,1-6H3,(H2,28,30). The van der Waals surface area contributed by atoms with Crippen molar-refractivity contribution in [2.24, 2.45) is 10.7 Å². The fourth-order valence-corrected chi connectivity index (χ4v) is 4.19. The molecule has 10 heteroatoms. The van der Waals surface area contributed by atoms with Crippen molar-refractivity contribution in [1.82, 2.24) is 14.3 Å². The molecule has 1 aromatic carbocycles. The summed E-state index contributed by atoms with van der Waals surface area (Å²) < 4.78 is 7.49. The highest BCUT2D eigenvalue weighted by Crippen LogP contribution is 2.32. The number of hydrogen-bond acceptors (Lipinski definition) is 7. The van der Waals surface area contributed by atoms with Crippen molar-refractivity contribution in [3.8, 4) is 0 Å². The van der Waals surface area contributed by atoms with Crippen LogP contribution in [0.5, 0.6) is 0 Å². The Hall–Kier alpha value is -3.89. The molecule has 0 saturated heterocycles. The van der Waals surface area contributed by atoms with E-state index in [0.29, 0.717) is 36.7 Å². The van der Waals surface area contributed by atoms with Crippen LogP contribution in [-0.2, 0) is 14.6 Å². The zero-order valence-corrected chi connectivity index (χ0v) is 22.2. The zero-order chi connectivity index (χ0) is 26.7. The zero-order valence-electron chi connectivity index (χ0n) is 22.2. The largest absolute Gasteiger partial charge is 0.444 e. The molecule has 0 bridgehead atoms. The summed E-state index contributed by atoms with van der Waals surface area (Å²) in [6, 6.07) is 7.74. The summed E-state index contributed by atoms with van der Waals surface area (Å²) in [4.78, 5) is 33.0. The monoisotopic (exact) mass is 506 g/mol. The number of aryl methyl sites for hydroxylation is 2. The summed E-state index contributed by atoms with van der Waals surface area (Å²) in [5.74, 6) is 0.360. The Morgan fingerprint density at radius 3 is 2.65 bits per heavy atom. The lowest BCUT2D eigenvalue weighted by Gasteiger charge is -2.29. The SMILES string of the molecule is COONc1cc(C2=CCN(C(=O)OC(C)(C)C)CC2)ccc1N=C(N)c1cc2c(C)nc(C)cn2c1. The van der Waals surface area contributed by atoms with E-state index in [4.69, 9.17) is 20.3 Å². The number of carbonyl (C=O) groups is 1. The maximum Gasteiger partial charge on any atom is 0.410 e. The van der Waals surface area contributed by atoms with E-state index in [9.17, 15) is 4.79 Å². The second-order valence-corrected chi connectivity index (χ2v) is 9.98. The Labute approximate surface area is 216 Å². The van der Waals surface area contributed by atoms with Crippen molar-refractivity contribution in [2.75, 3.05) is 25.7 Å². The van der Waals surface area contributed by atoms with E-state index in [2.05, 4.69) is 15.5 Å². The van der Waals surface area contributed by atoms with Gasteiger partial charge < -0.3 is 19.8 Å². The molecule has 4 rings (SSSR count). The number of amidine groups is 1. The van der Waals surface area contributed by atoms with Gasteiger partial charge in [-0.3, -0.25) is 4.98 Å². The molecule has 0 fully saturated rings. The van der Waals surface area contributed by atoms with Crippen LogP contribution >= 0.6 is 0 Å². The van der Waals surface area contributed by atoms with Crippen molar-refractivity contribution in [3.63, 3.8) is 0 Å². The molecule has 37 heavy (non-hydrogen) atoms. The Kier molecular flexibility index (Phi) is 7.51. The molecule has 0 radical (unpaired) electrons. The number of nitrogens with one attached hydrogen (secondary N) is 1. The summed E-state index contributed by atoms with van der Waals surface area (Å²) in [7, 11) is 1.41. The number of nitrogens with zero attached hydrogens (tertiary/aromatic N) is 4. The smallest absolute Gasteiger partial charge is 0.410 e. The maximum atomic E-state index is 12.4. The van der Waals surface area contributed by atoms with E-state index in [1.165, 1.54) is 7.11 Å². The van der Waals surface area contributed by atoms with Gasteiger partial charge in [-0.2, -0.15) is 0 Å². The molecule has 0 unspecified atom stereocenters. The van der Waals surface area contributed by atoms with E-state index in [1.54, 1.807) is 4.90 Å². The number of nitrogens with two attached hydrogens (primary N) is 1. The lowest BCUT2D eigenvalue weighted by atomic mass is 9.98. The molecule has 3 N–H and O–H groups in total. The minimum absolute atomic E-state index is 0.307. The van der Waals surface area contributed by atoms with Crippen LogP contribution in [0.1, 0.15) is 49.7 Å². The summed E-state index contributed by atoms with van der Waals surface area (Å²) in [5, 5.41) is 0. The molecule has 3 heterocycles. The first-order valence-electron chi connectivity index (χ1n) is 12.1.